The summed E-state index contributed by atoms with van der Waals surface area (Å²) in [4.78, 5) is 0. The Labute approximate surface area is 295 Å². The second-order valence-electron chi connectivity index (χ2n) is 11.1. The summed E-state index contributed by atoms with van der Waals surface area (Å²) in [5.74, 6) is 4.84. The first-order valence-electron chi connectivity index (χ1n) is 17.0. The lowest BCUT2D eigenvalue weighted by Crippen LogP contribution is -2.57. The van der Waals surface area contributed by atoms with Crippen LogP contribution in [0.4, 0.5) is 0 Å². The van der Waals surface area contributed by atoms with Crippen LogP contribution in [0.5, 0.6) is 0 Å². The summed E-state index contributed by atoms with van der Waals surface area (Å²) >= 11 is 0. The molecular formula is C38H50O12. The molecule has 0 bridgehead atoms. The maximum atomic E-state index is 6.63. The van der Waals surface area contributed by atoms with Crippen molar-refractivity contribution in [1.29, 1.82) is 0 Å². The van der Waals surface area contributed by atoms with Crippen LogP contribution in [0.15, 0.2) is 60.7 Å². The van der Waals surface area contributed by atoms with Gasteiger partial charge < -0.3 is 56.8 Å². The lowest BCUT2D eigenvalue weighted by atomic mass is 10.00. The van der Waals surface area contributed by atoms with E-state index < -0.39 is 37.0 Å². The van der Waals surface area contributed by atoms with Gasteiger partial charge in [-0.05, 0) is 0 Å². The van der Waals surface area contributed by atoms with Crippen molar-refractivity contribution in [2.45, 2.75) is 37.0 Å². The van der Waals surface area contributed by atoms with E-state index in [1.165, 1.54) is 0 Å². The molecule has 6 atom stereocenters. The van der Waals surface area contributed by atoms with E-state index in [-0.39, 0.29) is 26.4 Å². The zero-order chi connectivity index (χ0) is 34.9. The van der Waals surface area contributed by atoms with E-state index in [9.17, 15) is 0 Å². The highest BCUT2D eigenvalue weighted by molar-refractivity contribution is 5.18. The molecule has 0 amide bonds. The highest BCUT2D eigenvalue weighted by Crippen LogP contribution is 2.36. The van der Waals surface area contributed by atoms with E-state index in [0.29, 0.717) is 79.3 Å². The predicted octanol–water partition coefficient (Wildman–Crippen LogP) is 3.35. The van der Waals surface area contributed by atoms with E-state index in [2.05, 4.69) is 11.8 Å². The van der Waals surface area contributed by atoms with E-state index in [1.54, 1.807) is 0 Å². The molecule has 0 saturated carbocycles. The molecular weight excluding hydrogens is 648 g/mol. The topological polar surface area (TPSA) is 111 Å². The van der Waals surface area contributed by atoms with Crippen molar-refractivity contribution >= 4 is 0 Å². The van der Waals surface area contributed by atoms with Crippen molar-refractivity contribution in [1.82, 2.24) is 0 Å². The first-order valence-corrected chi connectivity index (χ1v) is 17.0. The molecule has 2 aliphatic heterocycles. The van der Waals surface area contributed by atoms with E-state index >= 15 is 0 Å². The van der Waals surface area contributed by atoms with Crippen molar-refractivity contribution < 1.29 is 56.8 Å². The smallest absolute Gasteiger partial charge is 0.184 e. The Morgan fingerprint density at radius 2 is 0.820 bits per heavy atom. The maximum absolute atomic E-state index is 6.63. The van der Waals surface area contributed by atoms with Crippen molar-refractivity contribution in [3.63, 3.8) is 0 Å². The molecule has 0 radical (unpaired) electrons. The van der Waals surface area contributed by atoms with Gasteiger partial charge in [-0.25, -0.2) is 0 Å². The van der Waals surface area contributed by atoms with Gasteiger partial charge in [-0.3, -0.25) is 0 Å². The second kappa shape index (κ2) is 25.1. The lowest BCUT2D eigenvalue weighted by molar-refractivity contribution is -0.340. The Bertz CT molecular complexity index is 1120. The number of terminal acetylenes is 2. The minimum atomic E-state index is -0.610. The average Bonchev–Trinajstić information content (AvgIpc) is 3.17. The Morgan fingerprint density at radius 1 is 0.480 bits per heavy atom. The van der Waals surface area contributed by atoms with E-state index in [1.807, 2.05) is 60.7 Å². The Balaban J connectivity index is 1.32. The molecule has 4 rings (SSSR count). The molecule has 2 aromatic rings. The van der Waals surface area contributed by atoms with Crippen LogP contribution in [0.25, 0.3) is 0 Å². The molecule has 2 fully saturated rings. The summed E-state index contributed by atoms with van der Waals surface area (Å²) in [6.45, 7) is 5.96. The standard InChI is InChI=1S/C38H50O12/c1-3-15-39-17-19-41-21-23-43-25-27-45-33-29-47-37(31-11-7-5-8-12-31)49-35(33)36-34(30-48-38(50-36)32-13-9-6-10-14-32)46-28-26-44-24-22-42-20-18-40-16-4-2/h1-2,5-14,33-38H,15-30H2/t33-,34-,35-,36-,37?,38?/m0/s1. The average molecular weight is 699 g/mol. The van der Waals surface area contributed by atoms with Crippen molar-refractivity contribution in [3.8, 4) is 24.7 Å². The predicted molar refractivity (Wildman–Crippen MR) is 182 cm³/mol. The monoisotopic (exact) mass is 698 g/mol. The highest BCUT2D eigenvalue weighted by atomic mass is 16.7. The van der Waals surface area contributed by atoms with Crippen LogP contribution in [-0.4, -0.2) is 130 Å². The molecule has 274 valence electrons. The number of benzene rings is 2. The van der Waals surface area contributed by atoms with Crippen LogP contribution in [0.1, 0.15) is 23.7 Å². The van der Waals surface area contributed by atoms with Gasteiger partial charge in [0.1, 0.15) is 37.6 Å². The molecule has 50 heavy (non-hydrogen) atoms. The number of ether oxygens (including phenoxy) is 12. The molecule has 2 saturated heterocycles. The Morgan fingerprint density at radius 3 is 1.18 bits per heavy atom. The normalized spacial score (nSPS) is 23.6. The zero-order valence-electron chi connectivity index (χ0n) is 28.6. The van der Waals surface area contributed by atoms with Crippen molar-refractivity contribution in [2.75, 3.05) is 106 Å². The van der Waals surface area contributed by atoms with Crippen LogP contribution < -0.4 is 0 Å². The molecule has 12 nitrogen and oxygen atoms in total. The fourth-order valence-corrected chi connectivity index (χ4v) is 5.19. The van der Waals surface area contributed by atoms with Crippen LogP contribution in [-0.2, 0) is 56.8 Å². The van der Waals surface area contributed by atoms with Gasteiger partial charge in [-0.15, -0.1) is 12.8 Å². The van der Waals surface area contributed by atoms with Crippen molar-refractivity contribution in [2.24, 2.45) is 0 Å². The van der Waals surface area contributed by atoms with Gasteiger partial charge in [0, 0.05) is 11.1 Å². The molecule has 0 spiro atoms. The summed E-state index contributed by atoms with van der Waals surface area (Å²) < 4.78 is 71.1. The van der Waals surface area contributed by atoms with Gasteiger partial charge in [0.05, 0.1) is 92.5 Å². The van der Waals surface area contributed by atoms with Gasteiger partial charge in [0.15, 0.2) is 12.6 Å². The largest absolute Gasteiger partial charge is 0.377 e. The van der Waals surface area contributed by atoms with Gasteiger partial charge >= 0.3 is 0 Å². The first-order chi connectivity index (χ1) is 24.8. The molecule has 12 heteroatoms. The van der Waals surface area contributed by atoms with Gasteiger partial charge in [-0.1, -0.05) is 72.5 Å². The summed E-state index contributed by atoms with van der Waals surface area (Å²) in [6.07, 6.45) is 7.09. The Hall–Kier alpha value is -2.92. The van der Waals surface area contributed by atoms with Crippen LogP contribution in [0.3, 0.4) is 0 Å². The zero-order valence-corrected chi connectivity index (χ0v) is 28.6. The van der Waals surface area contributed by atoms with Crippen LogP contribution in [0.2, 0.25) is 0 Å². The summed E-state index contributed by atoms with van der Waals surface area (Å²) in [6, 6.07) is 19.6. The lowest BCUT2D eigenvalue weighted by Gasteiger charge is -2.45. The number of hydrogen-bond donors (Lipinski definition) is 0. The number of rotatable bonds is 25. The SMILES string of the molecule is C#CCOCCOCCOCCO[C@H]1COC(c2ccccc2)O[C@@H]1[C@H]1OC(c2ccccc2)OC[C@@H]1OCCOCCOCCOCC#C. The maximum Gasteiger partial charge on any atom is 0.184 e. The summed E-state index contributed by atoms with van der Waals surface area (Å²) in [7, 11) is 0. The molecule has 0 N–H and O–H groups in total. The first kappa shape index (κ1) is 39.9. The van der Waals surface area contributed by atoms with E-state index in [4.69, 9.17) is 69.7 Å². The molecule has 0 aromatic heterocycles. The summed E-state index contributed by atoms with van der Waals surface area (Å²) in [5.41, 5.74) is 1.79. The quantitative estimate of drug-likeness (QED) is 0.112. The second-order valence-corrected chi connectivity index (χ2v) is 11.1. The minimum absolute atomic E-state index is 0.272. The number of hydrogen-bond acceptors (Lipinski definition) is 12. The molecule has 2 aromatic carbocycles. The van der Waals surface area contributed by atoms with Crippen molar-refractivity contribution in [3.05, 3.63) is 71.8 Å². The van der Waals surface area contributed by atoms with Gasteiger partial charge in [-0.2, -0.15) is 0 Å². The van der Waals surface area contributed by atoms with Crippen LogP contribution >= 0.6 is 0 Å². The third-order valence-corrected chi connectivity index (χ3v) is 7.56. The summed E-state index contributed by atoms with van der Waals surface area (Å²) in [5, 5.41) is 0. The fourth-order valence-electron chi connectivity index (χ4n) is 5.19. The van der Waals surface area contributed by atoms with E-state index in [0.717, 1.165) is 11.1 Å². The third-order valence-electron chi connectivity index (χ3n) is 7.56. The van der Waals surface area contributed by atoms with Gasteiger partial charge in [0.25, 0.3) is 0 Å². The molecule has 2 heterocycles. The molecule has 2 unspecified atom stereocenters. The minimum Gasteiger partial charge on any atom is -0.377 e. The van der Waals surface area contributed by atoms with Gasteiger partial charge in [0.2, 0.25) is 0 Å². The Kier molecular flexibility index (Phi) is 20.0. The third kappa shape index (κ3) is 14.7. The fraction of sp³-hybridized carbons (Fsp3) is 0.579. The highest BCUT2D eigenvalue weighted by Gasteiger charge is 2.46. The van der Waals surface area contributed by atoms with Crippen LogP contribution in [0, 0.1) is 24.7 Å². The molecule has 2 aliphatic rings. The molecule has 0 aliphatic carbocycles.